The molecule has 0 bridgehead atoms. The van der Waals surface area contributed by atoms with Crippen LogP contribution in [-0.4, -0.2) is 15.7 Å². The van der Waals surface area contributed by atoms with E-state index in [9.17, 15) is 0 Å². The molecule has 0 saturated carbocycles. The van der Waals surface area contributed by atoms with E-state index in [1.165, 1.54) is 4.90 Å². The van der Waals surface area contributed by atoms with Gasteiger partial charge in [-0.15, -0.1) is 18.3 Å². The zero-order chi connectivity index (χ0) is 9.97. The average molecular weight is 205 g/mol. The summed E-state index contributed by atoms with van der Waals surface area (Å²) in [6.07, 6.45) is 1.89. The molecule has 2 aromatic rings. The van der Waals surface area contributed by atoms with E-state index in [0.29, 0.717) is 5.95 Å². The Hall–Kier alpha value is -1.42. The van der Waals surface area contributed by atoms with Crippen LogP contribution in [0, 0.1) is 0 Å². The van der Waals surface area contributed by atoms with Gasteiger partial charge in [0.25, 0.3) is 0 Å². The highest BCUT2D eigenvalue weighted by Gasteiger charge is 2.00. The summed E-state index contributed by atoms with van der Waals surface area (Å²) in [6, 6.07) is 6.05. The van der Waals surface area contributed by atoms with Gasteiger partial charge in [0.15, 0.2) is 5.95 Å². The van der Waals surface area contributed by atoms with Crippen molar-refractivity contribution in [2.24, 2.45) is 0 Å². The van der Waals surface area contributed by atoms with Crippen LogP contribution >= 0.6 is 11.8 Å². The van der Waals surface area contributed by atoms with E-state index in [1.54, 1.807) is 11.8 Å². The Morgan fingerprint density at radius 1 is 1.57 bits per heavy atom. The molecule has 1 heterocycles. The van der Waals surface area contributed by atoms with Crippen molar-refractivity contribution in [2.45, 2.75) is 4.90 Å². The lowest BCUT2D eigenvalue weighted by Gasteiger charge is -1.96. The number of thioether (sulfide) groups is 1. The zero-order valence-corrected chi connectivity index (χ0v) is 8.47. The molecule has 72 valence electrons. The van der Waals surface area contributed by atoms with Crippen LogP contribution in [0.3, 0.4) is 0 Å². The minimum Gasteiger partial charge on any atom is -0.369 e. The van der Waals surface area contributed by atoms with Crippen molar-refractivity contribution in [1.29, 1.82) is 0 Å². The molecule has 0 amide bonds. The van der Waals surface area contributed by atoms with Crippen molar-refractivity contribution in [3.63, 3.8) is 0 Å². The summed E-state index contributed by atoms with van der Waals surface area (Å²) in [4.78, 5) is 8.33. The predicted octanol–water partition coefficient (Wildman–Crippen LogP) is 2.42. The summed E-state index contributed by atoms with van der Waals surface area (Å²) in [5.41, 5.74) is 7.44. The number of hydrogen-bond acceptors (Lipinski definition) is 3. The molecular weight excluding hydrogens is 194 g/mol. The van der Waals surface area contributed by atoms with Gasteiger partial charge in [-0.1, -0.05) is 6.08 Å². The molecule has 4 heteroatoms. The van der Waals surface area contributed by atoms with Crippen LogP contribution in [0.1, 0.15) is 0 Å². The minimum absolute atomic E-state index is 0.464. The van der Waals surface area contributed by atoms with Crippen molar-refractivity contribution in [3.8, 4) is 0 Å². The van der Waals surface area contributed by atoms with Crippen LogP contribution in [0.4, 0.5) is 5.95 Å². The van der Waals surface area contributed by atoms with Crippen molar-refractivity contribution < 1.29 is 0 Å². The van der Waals surface area contributed by atoms with E-state index < -0.39 is 0 Å². The molecule has 3 N–H and O–H groups in total. The van der Waals surface area contributed by atoms with Gasteiger partial charge in [-0.25, -0.2) is 4.98 Å². The normalized spacial score (nSPS) is 10.6. The van der Waals surface area contributed by atoms with E-state index in [1.807, 2.05) is 24.3 Å². The van der Waals surface area contributed by atoms with Crippen LogP contribution in [0.25, 0.3) is 11.0 Å². The molecule has 0 aliphatic heterocycles. The minimum atomic E-state index is 0.464. The maximum atomic E-state index is 5.55. The highest BCUT2D eigenvalue weighted by molar-refractivity contribution is 7.99. The van der Waals surface area contributed by atoms with Gasteiger partial charge in [-0.05, 0) is 18.2 Å². The number of benzene rings is 1. The van der Waals surface area contributed by atoms with Gasteiger partial charge in [0, 0.05) is 10.6 Å². The van der Waals surface area contributed by atoms with Crippen molar-refractivity contribution in [2.75, 3.05) is 11.5 Å². The number of H-pyrrole nitrogens is 1. The smallest absolute Gasteiger partial charge is 0.198 e. The fourth-order valence-electron chi connectivity index (χ4n) is 1.25. The first-order valence-electron chi connectivity index (χ1n) is 4.28. The van der Waals surface area contributed by atoms with Gasteiger partial charge >= 0.3 is 0 Å². The first kappa shape index (κ1) is 9.15. The molecular formula is C10H11N3S. The molecule has 0 atom stereocenters. The number of rotatable bonds is 3. The van der Waals surface area contributed by atoms with Crippen molar-refractivity contribution in [3.05, 3.63) is 30.9 Å². The Labute approximate surface area is 86.4 Å². The van der Waals surface area contributed by atoms with Gasteiger partial charge in [0.05, 0.1) is 11.0 Å². The number of aromatic nitrogens is 2. The predicted molar refractivity (Wildman–Crippen MR) is 61.4 cm³/mol. The second-order valence-electron chi connectivity index (χ2n) is 2.90. The number of nitrogen functional groups attached to an aromatic ring is 1. The number of nitrogens with two attached hydrogens (primary N) is 1. The molecule has 1 aromatic heterocycles. The Balaban J connectivity index is 2.35. The van der Waals surface area contributed by atoms with Crippen molar-refractivity contribution in [1.82, 2.24) is 9.97 Å². The van der Waals surface area contributed by atoms with E-state index in [-0.39, 0.29) is 0 Å². The summed E-state index contributed by atoms with van der Waals surface area (Å²) >= 11 is 1.74. The van der Waals surface area contributed by atoms with Crippen LogP contribution in [0.5, 0.6) is 0 Å². The van der Waals surface area contributed by atoms with Gasteiger partial charge in [0.2, 0.25) is 0 Å². The molecule has 3 nitrogen and oxygen atoms in total. The maximum Gasteiger partial charge on any atom is 0.198 e. The fourth-order valence-corrected chi connectivity index (χ4v) is 1.93. The lowest BCUT2D eigenvalue weighted by Crippen LogP contribution is -1.84. The van der Waals surface area contributed by atoms with Gasteiger partial charge in [-0.2, -0.15) is 0 Å². The van der Waals surface area contributed by atoms with Crippen LogP contribution in [0.15, 0.2) is 35.7 Å². The molecule has 1 aromatic carbocycles. The topological polar surface area (TPSA) is 54.7 Å². The Morgan fingerprint density at radius 3 is 3.21 bits per heavy atom. The highest BCUT2D eigenvalue weighted by atomic mass is 32.2. The molecule has 0 fully saturated rings. The summed E-state index contributed by atoms with van der Waals surface area (Å²) in [5, 5.41) is 0. The van der Waals surface area contributed by atoms with E-state index >= 15 is 0 Å². The number of aromatic amines is 1. The third-order valence-electron chi connectivity index (χ3n) is 1.84. The first-order chi connectivity index (χ1) is 6.79. The Kier molecular flexibility index (Phi) is 2.45. The zero-order valence-electron chi connectivity index (χ0n) is 7.66. The van der Waals surface area contributed by atoms with Crippen LogP contribution in [0.2, 0.25) is 0 Å². The van der Waals surface area contributed by atoms with Crippen LogP contribution in [-0.2, 0) is 0 Å². The second-order valence-corrected chi connectivity index (χ2v) is 3.99. The van der Waals surface area contributed by atoms with E-state index in [0.717, 1.165) is 16.8 Å². The number of hydrogen-bond donors (Lipinski definition) is 2. The number of nitrogens with zero attached hydrogens (tertiary/aromatic N) is 1. The average Bonchev–Trinajstić information content (AvgIpc) is 2.54. The third-order valence-corrected chi connectivity index (χ3v) is 2.83. The standard InChI is InChI=1S/C10H11N3S/c1-2-5-14-7-3-4-8-9(6-7)13-10(11)12-8/h2-4,6H,1,5H2,(H3,11,12,13). The maximum absolute atomic E-state index is 5.55. The molecule has 14 heavy (non-hydrogen) atoms. The van der Waals surface area contributed by atoms with Gasteiger partial charge in [-0.3, -0.25) is 0 Å². The number of anilines is 1. The molecule has 0 radical (unpaired) electrons. The largest absolute Gasteiger partial charge is 0.369 e. The summed E-state index contributed by atoms with van der Waals surface area (Å²) in [7, 11) is 0. The number of fused-ring (bicyclic) bond motifs is 1. The van der Waals surface area contributed by atoms with Gasteiger partial charge < -0.3 is 10.7 Å². The lowest BCUT2D eigenvalue weighted by molar-refractivity contribution is 1.35. The monoisotopic (exact) mass is 205 g/mol. The molecule has 0 unspecified atom stereocenters. The molecule has 0 aliphatic rings. The second kappa shape index (κ2) is 3.75. The van der Waals surface area contributed by atoms with E-state index in [4.69, 9.17) is 5.73 Å². The lowest BCUT2D eigenvalue weighted by atomic mass is 10.3. The fraction of sp³-hybridized carbons (Fsp3) is 0.100. The highest BCUT2D eigenvalue weighted by Crippen LogP contribution is 2.22. The Bertz CT molecular complexity index is 461. The van der Waals surface area contributed by atoms with Gasteiger partial charge in [0.1, 0.15) is 0 Å². The summed E-state index contributed by atoms with van der Waals surface area (Å²) < 4.78 is 0. The summed E-state index contributed by atoms with van der Waals surface area (Å²) in [5.74, 6) is 1.38. The molecule has 0 spiro atoms. The summed E-state index contributed by atoms with van der Waals surface area (Å²) in [6.45, 7) is 3.68. The third kappa shape index (κ3) is 1.75. The van der Waals surface area contributed by atoms with E-state index in [2.05, 4.69) is 16.5 Å². The van der Waals surface area contributed by atoms with Crippen molar-refractivity contribution >= 4 is 28.7 Å². The number of nitrogens with one attached hydrogen (secondary N) is 1. The first-order valence-corrected chi connectivity index (χ1v) is 5.27. The molecule has 0 saturated heterocycles. The number of imidazole rings is 1. The molecule has 2 rings (SSSR count). The molecule has 0 aliphatic carbocycles. The van der Waals surface area contributed by atoms with Crippen LogP contribution < -0.4 is 5.73 Å². The SMILES string of the molecule is C=CCSc1ccc2nc(N)[nH]c2c1. The Morgan fingerprint density at radius 2 is 2.43 bits per heavy atom. The quantitative estimate of drug-likeness (QED) is 0.597.